The van der Waals surface area contributed by atoms with Crippen molar-refractivity contribution in [2.45, 2.75) is 6.92 Å². The van der Waals surface area contributed by atoms with Crippen molar-refractivity contribution in [2.75, 3.05) is 5.32 Å². The molecule has 0 atom stereocenters. The predicted octanol–water partition coefficient (Wildman–Crippen LogP) is 4.50. The molecule has 0 saturated carbocycles. The summed E-state index contributed by atoms with van der Waals surface area (Å²) in [6, 6.07) is 18.7. The zero-order chi connectivity index (χ0) is 20.1. The van der Waals surface area contributed by atoms with E-state index in [0.717, 1.165) is 5.56 Å². The highest BCUT2D eigenvalue weighted by molar-refractivity contribution is 6.09. The second-order valence-electron chi connectivity index (χ2n) is 6.07. The number of amides is 1. The van der Waals surface area contributed by atoms with Gasteiger partial charge in [0.2, 0.25) is 0 Å². The number of carboxylic acid groups (broad SMARTS) is 1. The lowest BCUT2D eigenvalue weighted by Crippen LogP contribution is -2.13. The summed E-state index contributed by atoms with van der Waals surface area (Å²) in [5, 5.41) is 20.9. The van der Waals surface area contributed by atoms with E-state index in [0.29, 0.717) is 22.8 Å². The Kier molecular flexibility index (Phi) is 5.38. The molecule has 138 valence electrons. The average Bonchev–Trinajstić information content (AvgIpc) is 3.16. The van der Waals surface area contributed by atoms with E-state index in [1.807, 2.05) is 25.1 Å². The van der Waals surface area contributed by atoms with Crippen molar-refractivity contribution in [3.8, 4) is 17.4 Å². The summed E-state index contributed by atoms with van der Waals surface area (Å²) >= 11 is 0. The third-order valence-corrected chi connectivity index (χ3v) is 4.00. The Morgan fingerprint density at radius 1 is 1.04 bits per heavy atom. The number of aromatic carboxylic acids is 1. The van der Waals surface area contributed by atoms with Crippen LogP contribution in [0.1, 0.15) is 21.7 Å². The lowest BCUT2D eigenvalue weighted by molar-refractivity contribution is -0.112. The molecule has 3 rings (SSSR count). The van der Waals surface area contributed by atoms with E-state index in [1.165, 1.54) is 18.2 Å². The molecule has 0 bridgehead atoms. The van der Waals surface area contributed by atoms with Crippen molar-refractivity contribution >= 4 is 23.6 Å². The number of carboxylic acids is 1. The minimum atomic E-state index is -1.01. The predicted molar refractivity (Wildman–Crippen MR) is 105 cm³/mol. The number of nitriles is 1. The number of rotatable bonds is 5. The minimum absolute atomic E-state index is 0.0947. The number of aryl methyl sites for hydroxylation is 1. The van der Waals surface area contributed by atoms with Crippen LogP contribution in [0.25, 0.3) is 17.4 Å². The Morgan fingerprint density at radius 3 is 2.32 bits per heavy atom. The molecular weight excluding hydrogens is 356 g/mol. The van der Waals surface area contributed by atoms with E-state index in [2.05, 4.69) is 5.32 Å². The fourth-order valence-corrected chi connectivity index (χ4v) is 2.49. The van der Waals surface area contributed by atoms with Gasteiger partial charge in [-0.2, -0.15) is 5.26 Å². The van der Waals surface area contributed by atoms with Crippen molar-refractivity contribution in [2.24, 2.45) is 0 Å². The quantitative estimate of drug-likeness (QED) is 0.507. The maximum Gasteiger partial charge on any atom is 0.335 e. The molecule has 0 aliphatic carbocycles. The van der Waals surface area contributed by atoms with Gasteiger partial charge in [0, 0.05) is 17.3 Å². The molecule has 0 aliphatic heterocycles. The molecule has 2 N–H and O–H groups in total. The van der Waals surface area contributed by atoms with E-state index in [9.17, 15) is 14.9 Å². The summed E-state index contributed by atoms with van der Waals surface area (Å²) in [4.78, 5) is 23.2. The average molecular weight is 372 g/mol. The molecule has 0 saturated heterocycles. The summed E-state index contributed by atoms with van der Waals surface area (Å²) < 4.78 is 5.66. The van der Waals surface area contributed by atoms with E-state index in [-0.39, 0.29) is 11.1 Å². The standard InChI is InChI=1S/C22H16N2O4/c1-14-2-8-18(9-3-14)24-21(25)17(13-23)12-19-10-11-20(28-19)15-4-6-16(7-5-15)22(26)27/h2-12H,1H3,(H,24,25)(H,26,27)/b17-12-. The molecule has 0 aliphatic rings. The first-order valence-corrected chi connectivity index (χ1v) is 8.39. The highest BCUT2D eigenvalue weighted by Gasteiger charge is 2.12. The molecular formula is C22H16N2O4. The zero-order valence-electron chi connectivity index (χ0n) is 15.0. The molecule has 0 radical (unpaired) electrons. The van der Waals surface area contributed by atoms with E-state index in [1.54, 1.807) is 36.4 Å². The summed E-state index contributed by atoms with van der Waals surface area (Å²) in [7, 11) is 0. The lowest BCUT2D eigenvalue weighted by atomic mass is 10.1. The van der Waals surface area contributed by atoms with Gasteiger partial charge in [-0.3, -0.25) is 4.79 Å². The van der Waals surface area contributed by atoms with Gasteiger partial charge in [0.05, 0.1) is 5.56 Å². The molecule has 6 nitrogen and oxygen atoms in total. The highest BCUT2D eigenvalue weighted by Crippen LogP contribution is 2.24. The van der Waals surface area contributed by atoms with Gasteiger partial charge >= 0.3 is 5.97 Å². The Labute approximate surface area is 161 Å². The van der Waals surface area contributed by atoms with Gasteiger partial charge in [-0.05, 0) is 43.3 Å². The van der Waals surface area contributed by atoms with Crippen LogP contribution in [0, 0.1) is 18.3 Å². The van der Waals surface area contributed by atoms with E-state index < -0.39 is 11.9 Å². The van der Waals surface area contributed by atoms with E-state index >= 15 is 0 Å². The van der Waals surface area contributed by atoms with Crippen molar-refractivity contribution in [1.82, 2.24) is 0 Å². The van der Waals surface area contributed by atoms with Crippen LogP contribution < -0.4 is 5.32 Å². The molecule has 0 spiro atoms. The Balaban J connectivity index is 1.78. The molecule has 1 heterocycles. The fraction of sp³-hybridized carbons (Fsp3) is 0.0455. The summed E-state index contributed by atoms with van der Waals surface area (Å²) in [6.07, 6.45) is 1.36. The highest BCUT2D eigenvalue weighted by atomic mass is 16.4. The fourth-order valence-electron chi connectivity index (χ4n) is 2.49. The number of hydrogen-bond acceptors (Lipinski definition) is 4. The zero-order valence-corrected chi connectivity index (χ0v) is 15.0. The maximum absolute atomic E-state index is 12.3. The molecule has 3 aromatic rings. The molecule has 2 aromatic carbocycles. The van der Waals surface area contributed by atoms with Crippen LogP contribution in [0.5, 0.6) is 0 Å². The first kappa shape index (κ1) is 18.7. The minimum Gasteiger partial charge on any atom is -0.478 e. The Morgan fingerprint density at radius 2 is 1.71 bits per heavy atom. The first-order chi connectivity index (χ1) is 13.5. The van der Waals surface area contributed by atoms with Gasteiger partial charge in [0.1, 0.15) is 23.2 Å². The maximum atomic E-state index is 12.3. The van der Waals surface area contributed by atoms with Crippen molar-refractivity contribution < 1.29 is 19.1 Å². The van der Waals surface area contributed by atoms with Gasteiger partial charge in [-0.1, -0.05) is 29.8 Å². The third kappa shape index (κ3) is 4.34. The van der Waals surface area contributed by atoms with Crippen molar-refractivity contribution in [1.29, 1.82) is 5.26 Å². The van der Waals surface area contributed by atoms with Crippen LogP contribution >= 0.6 is 0 Å². The van der Waals surface area contributed by atoms with Gasteiger partial charge in [0.15, 0.2) is 0 Å². The number of furan rings is 1. The topological polar surface area (TPSA) is 103 Å². The Bertz CT molecular complexity index is 1080. The second kappa shape index (κ2) is 8.06. The number of carbonyl (C=O) groups is 2. The second-order valence-corrected chi connectivity index (χ2v) is 6.07. The normalized spacial score (nSPS) is 10.9. The van der Waals surface area contributed by atoms with Crippen LogP contribution in [-0.4, -0.2) is 17.0 Å². The number of benzene rings is 2. The number of carbonyl (C=O) groups excluding carboxylic acids is 1. The van der Waals surface area contributed by atoms with Gasteiger partial charge in [-0.25, -0.2) is 4.79 Å². The molecule has 0 unspecified atom stereocenters. The SMILES string of the molecule is Cc1ccc(NC(=O)/C(C#N)=C\c2ccc(-c3ccc(C(=O)O)cc3)o2)cc1. The van der Waals surface area contributed by atoms with Crippen LogP contribution in [0.3, 0.4) is 0 Å². The summed E-state index contributed by atoms with van der Waals surface area (Å²) in [5.74, 6) is -0.699. The molecule has 6 heteroatoms. The Hall–Kier alpha value is -4.11. The summed E-state index contributed by atoms with van der Waals surface area (Å²) in [6.45, 7) is 1.94. The smallest absolute Gasteiger partial charge is 0.335 e. The molecule has 28 heavy (non-hydrogen) atoms. The molecule has 1 amide bonds. The number of nitrogens with one attached hydrogen (secondary N) is 1. The van der Waals surface area contributed by atoms with Gasteiger partial charge in [-0.15, -0.1) is 0 Å². The number of anilines is 1. The largest absolute Gasteiger partial charge is 0.478 e. The van der Waals surface area contributed by atoms with Crippen LogP contribution in [-0.2, 0) is 4.79 Å². The first-order valence-electron chi connectivity index (χ1n) is 8.39. The van der Waals surface area contributed by atoms with Crippen molar-refractivity contribution in [3.63, 3.8) is 0 Å². The van der Waals surface area contributed by atoms with Gasteiger partial charge < -0.3 is 14.8 Å². The lowest BCUT2D eigenvalue weighted by Gasteiger charge is -2.04. The van der Waals surface area contributed by atoms with Crippen LogP contribution in [0.15, 0.2) is 70.7 Å². The van der Waals surface area contributed by atoms with Gasteiger partial charge in [0.25, 0.3) is 5.91 Å². The monoisotopic (exact) mass is 372 g/mol. The third-order valence-electron chi connectivity index (χ3n) is 4.00. The van der Waals surface area contributed by atoms with Crippen molar-refractivity contribution in [3.05, 3.63) is 83.1 Å². The van der Waals surface area contributed by atoms with Crippen LogP contribution in [0.4, 0.5) is 5.69 Å². The summed E-state index contributed by atoms with van der Waals surface area (Å²) in [5.41, 5.74) is 2.42. The number of hydrogen-bond donors (Lipinski definition) is 2. The molecule has 1 aromatic heterocycles. The van der Waals surface area contributed by atoms with E-state index in [4.69, 9.17) is 9.52 Å². The molecule has 0 fully saturated rings. The van der Waals surface area contributed by atoms with Crippen LogP contribution in [0.2, 0.25) is 0 Å². The number of nitrogens with zero attached hydrogens (tertiary/aromatic N) is 1.